The largest absolute Gasteiger partial charge is 0.356 e. The third-order valence-electron chi connectivity index (χ3n) is 2.81. The lowest BCUT2D eigenvalue weighted by atomic mass is 10.1. The summed E-state index contributed by atoms with van der Waals surface area (Å²) in [7, 11) is 0. The standard InChI is InChI=1S/C14H9BrClNO/c15-8-9-1-6-13-12(7-9)14(17-18-13)10-2-4-11(16)5-3-10/h1-7H,8H2. The minimum Gasteiger partial charge on any atom is -0.356 e. The van der Waals surface area contributed by atoms with Gasteiger partial charge in [-0.1, -0.05) is 50.9 Å². The number of alkyl halides is 1. The highest BCUT2D eigenvalue weighted by Crippen LogP contribution is 2.29. The Morgan fingerprint density at radius 1 is 1.11 bits per heavy atom. The topological polar surface area (TPSA) is 26.0 Å². The van der Waals surface area contributed by atoms with Crippen LogP contribution in [0.15, 0.2) is 47.0 Å². The molecule has 0 saturated heterocycles. The van der Waals surface area contributed by atoms with Gasteiger partial charge in [0.05, 0.1) is 0 Å². The first-order valence-electron chi connectivity index (χ1n) is 5.48. The highest BCUT2D eigenvalue weighted by molar-refractivity contribution is 9.08. The molecular weight excluding hydrogens is 314 g/mol. The fourth-order valence-electron chi connectivity index (χ4n) is 1.88. The summed E-state index contributed by atoms with van der Waals surface area (Å²) in [5, 5.41) is 6.69. The molecule has 0 spiro atoms. The molecule has 2 nitrogen and oxygen atoms in total. The van der Waals surface area contributed by atoms with Crippen molar-refractivity contribution in [1.82, 2.24) is 5.16 Å². The van der Waals surface area contributed by atoms with E-state index in [4.69, 9.17) is 16.1 Å². The van der Waals surface area contributed by atoms with Gasteiger partial charge in [-0.3, -0.25) is 0 Å². The van der Waals surface area contributed by atoms with E-state index in [9.17, 15) is 0 Å². The average molecular weight is 323 g/mol. The van der Waals surface area contributed by atoms with Gasteiger partial charge >= 0.3 is 0 Å². The third-order valence-corrected chi connectivity index (χ3v) is 3.71. The summed E-state index contributed by atoms with van der Waals surface area (Å²) in [6, 6.07) is 13.6. The summed E-state index contributed by atoms with van der Waals surface area (Å²) >= 11 is 9.34. The fourth-order valence-corrected chi connectivity index (χ4v) is 2.36. The van der Waals surface area contributed by atoms with Crippen molar-refractivity contribution >= 4 is 38.5 Å². The van der Waals surface area contributed by atoms with Crippen LogP contribution in [-0.4, -0.2) is 5.16 Å². The highest BCUT2D eigenvalue weighted by atomic mass is 79.9. The maximum atomic E-state index is 5.89. The number of rotatable bonds is 2. The maximum absolute atomic E-state index is 5.89. The molecule has 1 aromatic heterocycles. The lowest BCUT2D eigenvalue weighted by Gasteiger charge is -1.98. The molecule has 4 heteroatoms. The van der Waals surface area contributed by atoms with Gasteiger partial charge in [-0.15, -0.1) is 0 Å². The van der Waals surface area contributed by atoms with Gasteiger partial charge in [0, 0.05) is 21.3 Å². The van der Waals surface area contributed by atoms with Gasteiger partial charge in [-0.2, -0.15) is 0 Å². The van der Waals surface area contributed by atoms with Crippen LogP contribution in [0.25, 0.3) is 22.2 Å². The van der Waals surface area contributed by atoms with Gasteiger partial charge in [-0.05, 0) is 29.8 Å². The number of hydrogen-bond acceptors (Lipinski definition) is 2. The summed E-state index contributed by atoms with van der Waals surface area (Å²) < 4.78 is 5.33. The van der Waals surface area contributed by atoms with Gasteiger partial charge in [0.1, 0.15) is 5.69 Å². The zero-order valence-electron chi connectivity index (χ0n) is 9.36. The number of nitrogens with zero attached hydrogens (tertiary/aromatic N) is 1. The molecule has 0 bridgehead atoms. The molecule has 0 unspecified atom stereocenters. The molecule has 3 rings (SSSR count). The van der Waals surface area contributed by atoms with Crippen LogP contribution in [0.3, 0.4) is 0 Å². The summed E-state index contributed by atoms with van der Waals surface area (Å²) in [6.45, 7) is 0. The van der Waals surface area contributed by atoms with Crippen LogP contribution in [0.4, 0.5) is 0 Å². The lowest BCUT2D eigenvalue weighted by molar-refractivity contribution is 0.459. The van der Waals surface area contributed by atoms with E-state index in [1.807, 2.05) is 36.4 Å². The van der Waals surface area contributed by atoms with Crippen molar-refractivity contribution in [2.24, 2.45) is 0 Å². The molecule has 2 aromatic carbocycles. The van der Waals surface area contributed by atoms with E-state index in [-0.39, 0.29) is 0 Å². The van der Waals surface area contributed by atoms with Crippen molar-refractivity contribution in [3.05, 3.63) is 53.1 Å². The summed E-state index contributed by atoms with van der Waals surface area (Å²) in [5.74, 6) is 0. The van der Waals surface area contributed by atoms with E-state index < -0.39 is 0 Å². The number of halogens is 2. The Kier molecular flexibility index (Phi) is 3.10. The van der Waals surface area contributed by atoms with Crippen molar-refractivity contribution in [2.75, 3.05) is 0 Å². The SMILES string of the molecule is Clc1ccc(-c2noc3ccc(CBr)cc23)cc1. The van der Waals surface area contributed by atoms with Gasteiger partial charge in [0.15, 0.2) is 5.58 Å². The molecule has 0 N–H and O–H groups in total. The summed E-state index contributed by atoms with van der Waals surface area (Å²) in [5.41, 5.74) is 3.85. The molecule has 1 heterocycles. The van der Waals surface area contributed by atoms with Crippen LogP contribution in [-0.2, 0) is 5.33 Å². The van der Waals surface area contributed by atoms with Gasteiger partial charge in [0.25, 0.3) is 0 Å². The highest BCUT2D eigenvalue weighted by Gasteiger charge is 2.10. The number of benzene rings is 2. The second kappa shape index (κ2) is 4.75. The molecule has 0 aliphatic heterocycles. The first-order valence-corrected chi connectivity index (χ1v) is 6.98. The normalized spacial score (nSPS) is 11.0. The van der Waals surface area contributed by atoms with E-state index in [0.717, 1.165) is 27.6 Å². The minimum atomic E-state index is 0.715. The number of aromatic nitrogens is 1. The van der Waals surface area contributed by atoms with Crippen LogP contribution in [0, 0.1) is 0 Å². The van der Waals surface area contributed by atoms with E-state index in [2.05, 4.69) is 27.2 Å². The number of hydrogen-bond donors (Lipinski definition) is 0. The van der Waals surface area contributed by atoms with Crippen molar-refractivity contribution in [1.29, 1.82) is 0 Å². The van der Waals surface area contributed by atoms with Gasteiger partial charge in [-0.25, -0.2) is 0 Å². The van der Waals surface area contributed by atoms with Crippen molar-refractivity contribution in [2.45, 2.75) is 5.33 Å². The molecule has 0 aliphatic rings. The Hall–Kier alpha value is -1.32. The summed E-state index contributed by atoms with van der Waals surface area (Å²) in [4.78, 5) is 0. The van der Waals surface area contributed by atoms with Crippen molar-refractivity contribution in [3.8, 4) is 11.3 Å². The average Bonchev–Trinajstić information content (AvgIpc) is 2.82. The molecule has 0 radical (unpaired) electrons. The molecule has 3 aromatic rings. The number of fused-ring (bicyclic) bond motifs is 1. The van der Waals surface area contributed by atoms with Gasteiger partial charge in [0.2, 0.25) is 0 Å². The molecule has 0 saturated carbocycles. The van der Waals surface area contributed by atoms with Crippen molar-refractivity contribution in [3.63, 3.8) is 0 Å². The fraction of sp³-hybridized carbons (Fsp3) is 0.0714. The Morgan fingerprint density at radius 3 is 2.61 bits per heavy atom. The Balaban J connectivity index is 2.19. The Bertz CT molecular complexity index is 691. The predicted molar refractivity (Wildman–Crippen MR) is 77.1 cm³/mol. The monoisotopic (exact) mass is 321 g/mol. The molecule has 0 fully saturated rings. The van der Waals surface area contributed by atoms with Gasteiger partial charge < -0.3 is 4.52 Å². The second-order valence-electron chi connectivity index (χ2n) is 4.00. The maximum Gasteiger partial charge on any atom is 0.167 e. The molecule has 0 atom stereocenters. The zero-order valence-corrected chi connectivity index (χ0v) is 11.7. The minimum absolute atomic E-state index is 0.715. The van der Waals surface area contributed by atoms with E-state index >= 15 is 0 Å². The first kappa shape index (κ1) is 11.8. The quantitative estimate of drug-likeness (QED) is 0.618. The Morgan fingerprint density at radius 2 is 1.89 bits per heavy atom. The molecule has 0 aliphatic carbocycles. The van der Waals surface area contributed by atoms with Crippen LogP contribution >= 0.6 is 27.5 Å². The molecule has 0 amide bonds. The van der Waals surface area contributed by atoms with Crippen LogP contribution in [0.5, 0.6) is 0 Å². The summed E-state index contributed by atoms with van der Waals surface area (Å²) in [6.07, 6.45) is 0. The van der Waals surface area contributed by atoms with Crippen molar-refractivity contribution < 1.29 is 4.52 Å². The Labute approximate surface area is 118 Å². The molecular formula is C14H9BrClNO. The predicted octanol–water partition coefficient (Wildman–Crippen LogP) is 5.04. The smallest absolute Gasteiger partial charge is 0.167 e. The zero-order chi connectivity index (χ0) is 12.5. The van der Waals surface area contributed by atoms with E-state index in [1.54, 1.807) is 0 Å². The lowest BCUT2D eigenvalue weighted by Crippen LogP contribution is -1.80. The first-order chi connectivity index (χ1) is 8.78. The van der Waals surface area contributed by atoms with E-state index in [0.29, 0.717) is 5.02 Å². The molecule has 18 heavy (non-hydrogen) atoms. The van der Waals surface area contributed by atoms with E-state index in [1.165, 1.54) is 5.56 Å². The molecule has 90 valence electrons. The van der Waals surface area contributed by atoms with Crippen LogP contribution in [0.2, 0.25) is 5.02 Å². The second-order valence-corrected chi connectivity index (χ2v) is 5.00. The van der Waals surface area contributed by atoms with Crippen LogP contribution < -0.4 is 0 Å². The van der Waals surface area contributed by atoms with Crippen LogP contribution in [0.1, 0.15) is 5.56 Å². The third kappa shape index (κ3) is 2.04.